The molecule has 0 aromatic carbocycles. The molecular weight excluding hydrogens is 256 g/mol. The maximum Gasteiger partial charge on any atom is 0.188 e. The molecule has 0 radical (unpaired) electrons. The van der Waals surface area contributed by atoms with Gasteiger partial charge in [0.25, 0.3) is 0 Å². The molecule has 0 saturated heterocycles. The summed E-state index contributed by atoms with van der Waals surface area (Å²) in [5.41, 5.74) is 7.00. The zero-order valence-corrected chi connectivity index (χ0v) is 11.3. The number of hydrogen-bond acceptors (Lipinski definition) is 5. The molecule has 0 spiro atoms. The van der Waals surface area contributed by atoms with E-state index in [1.165, 1.54) is 0 Å². The first kappa shape index (κ1) is 14.0. The quantitative estimate of drug-likeness (QED) is 0.309. The minimum Gasteiger partial charge on any atom is -0.409 e. The van der Waals surface area contributed by atoms with Crippen molar-refractivity contribution in [3.63, 3.8) is 0 Å². The van der Waals surface area contributed by atoms with Crippen LogP contribution < -0.4 is 11.1 Å². The Labute approximate surface area is 117 Å². The summed E-state index contributed by atoms with van der Waals surface area (Å²) in [5.74, 6) is 0.0106. The van der Waals surface area contributed by atoms with Gasteiger partial charge < -0.3 is 16.3 Å². The van der Waals surface area contributed by atoms with Gasteiger partial charge in [-0.15, -0.1) is 0 Å². The molecule has 7 heteroatoms. The molecule has 0 amide bonds. The van der Waals surface area contributed by atoms with Crippen LogP contribution in [0.3, 0.4) is 0 Å². The van der Waals surface area contributed by atoms with E-state index in [1.807, 2.05) is 23.0 Å². The molecule has 1 atom stereocenters. The Hall–Kier alpha value is -2.41. The van der Waals surface area contributed by atoms with Gasteiger partial charge in [0.2, 0.25) is 0 Å². The Kier molecular flexibility index (Phi) is 4.67. The summed E-state index contributed by atoms with van der Waals surface area (Å²) in [6, 6.07) is 5.86. The molecule has 0 aliphatic carbocycles. The summed E-state index contributed by atoms with van der Waals surface area (Å²) in [7, 11) is 0. The average molecular weight is 274 g/mol. The molecule has 2 rings (SSSR count). The lowest BCUT2D eigenvalue weighted by molar-refractivity contribution is 0.318. The van der Waals surface area contributed by atoms with Crippen LogP contribution in [0.5, 0.6) is 0 Å². The van der Waals surface area contributed by atoms with Crippen molar-refractivity contribution >= 4 is 5.84 Å². The third-order valence-corrected chi connectivity index (χ3v) is 2.87. The first-order valence-electron chi connectivity index (χ1n) is 6.32. The molecule has 0 aliphatic rings. The van der Waals surface area contributed by atoms with Crippen LogP contribution in [-0.4, -0.2) is 31.8 Å². The zero-order chi connectivity index (χ0) is 14.4. The van der Waals surface area contributed by atoms with Crippen LogP contribution in [0.15, 0.2) is 41.9 Å². The number of hydrogen-bond donors (Lipinski definition) is 3. The van der Waals surface area contributed by atoms with Crippen LogP contribution >= 0.6 is 0 Å². The third-order valence-electron chi connectivity index (χ3n) is 2.87. The van der Waals surface area contributed by atoms with Crippen molar-refractivity contribution in [2.24, 2.45) is 10.9 Å². The van der Waals surface area contributed by atoms with E-state index in [0.717, 1.165) is 12.1 Å². The fourth-order valence-corrected chi connectivity index (χ4v) is 1.82. The van der Waals surface area contributed by atoms with Gasteiger partial charge in [-0.25, -0.2) is 0 Å². The van der Waals surface area contributed by atoms with Crippen LogP contribution in [0.1, 0.15) is 18.2 Å². The zero-order valence-electron chi connectivity index (χ0n) is 11.3. The molecule has 0 bridgehead atoms. The normalized spacial score (nSPS) is 13.3. The fourth-order valence-electron chi connectivity index (χ4n) is 1.82. The third kappa shape index (κ3) is 3.79. The van der Waals surface area contributed by atoms with Crippen molar-refractivity contribution < 1.29 is 5.21 Å². The number of aromatic nitrogens is 3. The molecule has 0 saturated carbocycles. The van der Waals surface area contributed by atoms with Gasteiger partial charge in [-0.05, 0) is 30.7 Å². The highest BCUT2D eigenvalue weighted by Crippen LogP contribution is 2.02. The number of pyridine rings is 1. The van der Waals surface area contributed by atoms with E-state index < -0.39 is 0 Å². The molecule has 4 N–H and O–H groups in total. The van der Waals surface area contributed by atoms with E-state index in [0.29, 0.717) is 12.2 Å². The van der Waals surface area contributed by atoms with Gasteiger partial charge in [-0.2, -0.15) is 5.10 Å². The van der Waals surface area contributed by atoms with Crippen LogP contribution in [-0.2, 0) is 13.1 Å². The number of nitrogens with zero attached hydrogens (tertiary/aromatic N) is 4. The van der Waals surface area contributed by atoms with Gasteiger partial charge in [0.1, 0.15) is 5.69 Å². The van der Waals surface area contributed by atoms with E-state index in [2.05, 4.69) is 27.5 Å². The largest absolute Gasteiger partial charge is 0.409 e. The van der Waals surface area contributed by atoms with Crippen molar-refractivity contribution in [1.29, 1.82) is 0 Å². The van der Waals surface area contributed by atoms with E-state index >= 15 is 0 Å². The molecule has 7 nitrogen and oxygen atoms in total. The topological polar surface area (TPSA) is 101 Å². The minimum absolute atomic E-state index is 0.0106. The van der Waals surface area contributed by atoms with Gasteiger partial charge in [-0.3, -0.25) is 9.67 Å². The summed E-state index contributed by atoms with van der Waals surface area (Å²) in [6.07, 6.45) is 5.34. The summed E-state index contributed by atoms with van der Waals surface area (Å²) < 4.78 is 1.88. The lowest BCUT2D eigenvalue weighted by atomic mass is 10.2. The van der Waals surface area contributed by atoms with Crippen molar-refractivity contribution in [2.75, 3.05) is 0 Å². The van der Waals surface area contributed by atoms with Crippen LogP contribution in [0.2, 0.25) is 0 Å². The number of nitrogens with two attached hydrogens (primary N) is 1. The number of amidine groups is 1. The number of nitrogens with one attached hydrogen (secondary N) is 1. The van der Waals surface area contributed by atoms with E-state index in [9.17, 15) is 0 Å². The highest BCUT2D eigenvalue weighted by atomic mass is 16.4. The number of rotatable bonds is 6. The number of oxime groups is 1. The van der Waals surface area contributed by atoms with Crippen molar-refractivity contribution in [1.82, 2.24) is 20.1 Å². The summed E-state index contributed by atoms with van der Waals surface area (Å²) in [5, 5.41) is 19.1. The van der Waals surface area contributed by atoms with Gasteiger partial charge in [0.05, 0.1) is 6.54 Å². The maximum atomic E-state index is 8.64. The lowest BCUT2D eigenvalue weighted by Crippen LogP contribution is -2.30. The monoisotopic (exact) mass is 274 g/mol. The first-order chi connectivity index (χ1) is 9.69. The second-order valence-electron chi connectivity index (χ2n) is 4.54. The Bertz CT molecular complexity index is 566. The molecule has 2 heterocycles. The van der Waals surface area contributed by atoms with Crippen LogP contribution in [0.25, 0.3) is 0 Å². The van der Waals surface area contributed by atoms with Crippen molar-refractivity contribution in [3.05, 3.63) is 48.0 Å². The maximum absolute atomic E-state index is 8.64. The predicted octanol–water partition coefficient (Wildman–Crippen LogP) is 0.551. The second-order valence-corrected chi connectivity index (χ2v) is 4.54. The summed E-state index contributed by atoms with van der Waals surface area (Å²) >= 11 is 0. The van der Waals surface area contributed by atoms with Crippen molar-refractivity contribution in [2.45, 2.75) is 26.1 Å². The minimum atomic E-state index is 0.0106. The SMILES string of the molecule is CC(Cn1cccn1)NCc1ccnc(C(N)=NO)c1. The molecule has 106 valence electrons. The van der Waals surface area contributed by atoms with Gasteiger partial charge in [0, 0.05) is 31.2 Å². The van der Waals surface area contributed by atoms with Crippen LogP contribution in [0, 0.1) is 0 Å². The van der Waals surface area contributed by atoms with E-state index in [4.69, 9.17) is 10.9 Å². The Morgan fingerprint density at radius 1 is 1.55 bits per heavy atom. The second kappa shape index (κ2) is 6.67. The summed E-state index contributed by atoms with van der Waals surface area (Å²) in [6.45, 7) is 3.56. The van der Waals surface area contributed by atoms with Crippen LogP contribution in [0.4, 0.5) is 0 Å². The Balaban J connectivity index is 1.90. The van der Waals surface area contributed by atoms with Gasteiger partial charge in [0.15, 0.2) is 5.84 Å². The molecular formula is C13H18N6O. The van der Waals surface area contributed by atoms with Gasteiger partial charge >= 0.3 is 0 Å². The predicted molar refractivity (Wildman–Crippen MR) is 75.3 cm³/mol. The molecule has 0 aliphatic heterocycles. The standard InChI is InChI=1S/C13H18N6O/c1-10(9-19-6-2-4-17-19)16-8-11-3-5-15-12(7-11)13(14)18-20/h2-7,10,16,20H,8-9H2,1H3,(H2,14,18). The first-order valence-corrected chi connectivity index (χ1v) is 6.32. The summed E-state index contributed by atoms with van der Waals surface area (Å²) in [4.78, 5) is 4.04. The highest BCUT2D eigenvalue weighted by Gasteiger charge is 2.05. The van der Waals surface area contributed by atoms with E-state index in [1.54, 1.807) is 18.5 Å². The molecule has 2 aromatic rings. The highest BCUT2D eigenvalue weighted by molar-refractivity contribution is 5.95. The van der Waals surface area contributed by atoms with Gasteiger partial charge in [-0.1, -0.05) is 5.16 Å². The fraction of sp³-hybridized carbons (Fsp3) is 0.308. The smallest absolute Gasteiger partial charge is 0.188 e. The molecule has 20 heavy (non-hydrogen) atoms. The molecule has 2 aromatic heterocycles. The Morgan fingerprint density at radius 3 is 3.10 bits per heavy atom. The molecule has 0 fully saturated rings. The Morgan fingerprint density at radius 2 is 2.40 bits per heavy atom. The molecule has 1 unspecified atom stereocenters. The van der Waals surface area contributed by atoms with Crippen molar-refractivity contribution in [3.8, 4) is 0 Å². The average Bonchev–Trinajstić information content (AvgIpc) is 2.97. The lowest BCUT2D eigenvalue weighted by Gasteiger charge is -2.14. The van der Waals surface area contributed by atoms with E-state index in [-0.39, 0.29) is 11.9 Å².